The highest BCUT2D eigenvalue weighted by atomic mass is 16.5. The van der Waals surface area contributed by atoms with Gasteiger partial charge in [-0.25, -0.2) is 5.43 Å². The summed E-state index contributed by atoms with van der Waals surface area (Å²) < 4.78 is 5.62. The van der Waals surface area contributed by atoms with E-state index in [0.29, 0.717) is 6.61 Å². The molecule has 3 nitrogen and oxygen atoms in total. The fourth-order valence-corrected chi connectivity index (χ4v) is 1.86. The Morgan fingerprint density at radius 1 is 0.950 bits per heavy atom. The van der Waals surface area contributed by atoms with E-state index in [0.717, 1.165) is 12.2 Å². The fraction of sp³-hybridized carbons (Fsp3) is 0.294. The summed E-state index contributed by atoms with van der Waals surface area (Å²) in [5.74, 6) is 0. The van der Waals surface area contributed by atoms with Crippen LogP contribution in [0.2, 0.25) is 0 Å². The zero-order chi connectivity index (χ0) is 14.2. The number of anilines is 1. The maximum Gasteiger partial charge on any atom is 0.0720 e. The molecule has 2 N–H and O–H groups in total. The number of rotatable bonds is 7. The quantitative estimate of drug-likeness (QED) is 0.752. The third kappa shape index (κ3) is 5.03. The van der Waals surface area contributed by atoms with Crippen molar-refractivity contribution in [3.63, 3.8) is 0 Å². The second kappa shape index (κ2) is 7.68. The topological polar surface area (TPSA) is 33.3 Å². The van der Waals surface area contributed by atoms with Crippen LogP contribution < -0.4 is 10.9 Å². The second-order valence-corrected chi connectivity index (χ2v) is 5.02. The minimum absolute atomic E-state index is 0.261. The highest BCUT2D eigenvalue weighted by Crippen LogP contribution is 2.08. The number of hydrazine groups is 1. The molecule has 106 valence electrons. The SMILES string of the molecule is CC(C)OCc1cccc(CNNc2ccccc2)c1. The van der Waals surface area contributed by atoms with Gasteiger partial charge >= 0.3 is 0 Å². The molecule has 0 saturated heterocycles. The molecule has 20 heavy (non-hydrogen) atoms. The molecule has 0 heterocycles. The maximum absolute atomic E-state index is 5.62. The number of hydrogen-bond donors (Lipinski definition) is 2. The van der Waals surface area contributed by atoms with Gasteiger partial charge in [0.15, 0.2) is 0 Å². The summed E-state index contributed by atoms with van der Waals surface area (Å²) in [4.78, 5) is 0. The molecule has 2 aromatic rings. The minimum Gasteiger partial charge on any atom is -0.374 e. The van der Waals surface area contributed by atoms with Crippen LogP contribution in [-0.2, 0) is 17.9 Å². The monoisotopic (exact) mass is 270 g/mol. The lowest BCUT2D eigenvalue weighted by Gasteiger charge is -2.11. The first kappa shape index (κ1) is 14.6. The lowest BCUT2D eigenvalue weighted by molar-refractivity contribution is 0.0657. The van der Waals surface area contributed by atoms with E-state index in [1.54, 1.807) is 0 Å². The van der Waals surface area contributed by atoms with Gasteiger partial charge in [-0.15, -0.1) is 0 Å². The van der Waals surface area contributed by atoms with Crippen molar-refractivity contribution in [3.05, 3.63) is 65.7 Å². The van der Waals surface area contributed by atoms with Crippen molar-refractivity contribution < 1.29 is 4.74 Å². The van der Waals surface area contributed by atoms with Gasteiger partial charge in [0, 0.05) is 12.2 Å². The minimum atomic E-state index is 0.261. The molecule has 0 aliphatic rings. The summed E-state index contributed by atoms with van der Waals surface area (Å²) in [7, 11) is 0. The van der Waals surface area contributed by atoms with Crippen LogP contribution in [0, 0.1) is 0 Å². The van der Waals surface area contributed by atoms with Gasteiger partial charge < -0.3 is 10.2 Å². The molecule has 0 spiro atoms. The van der Waals surface area contributed by atoms with Crippen LogP contribution in [-0.4, -0.2) is 6.10 Å². The van der Waals surface area contributed by atoms with Gasteiger partial charge in [0.1, 0.15) is 0 Å². The summed E-state index contributed by atoms with van der Waals surface area (Å²) in [6, 6.07) is 18.5. The van der Waals surface area contributed by atoms with Gasteiger partial charge in [0.2, 0.25) is 0 Å². The molecular weight excluding hydrogens is 248 g/mol. The standard InChI is InChI=1S/C17H22N2O/c1-14(2)20-13-16-8-6-7-15(11-16)12-18-19-17-9-4-3-5-10-17/h3-11,14,18-19H,12-13H2,1-2H3. The average Bonchev–Trinajstić information content (AvgIpc) is 2.47. The fourth-order valence-electron chi connectivity index (χ4n) is 1.86. The van der Waals surface area contributed by atoms with Gasteiger partial charge in [-0.3, -0.25) is 0 Å². The first-order chi connectivity index (χ1) is 9.74. The lowest BCUT2D eigenvalue weighted by atomic mass is 10.1. The van der Waals surface area contributed by atoms with Crippen molar-refractivity contribution in [1.29, 1.82) is 0 Å². The molecule has 0 aromatic heterocycles. The molecule has 2 aromatic carbocycles. The summed E-state index contributed by atoms with van der Waals surface area (Å²) in [5, 5.41) is 0. The molecule has 0 unspecified atom stereocenters. The van der Waals surface area contributed by atoms with E-state index < -0.39 is 0 Å². The third-order valence-corrected chi connectivity index (χ3v) is 2.87. The predicted molar refractivity (Wildman–Crippen MR) is 83.3 cm³/mol. The van der Waals surface area contributed by atoms with Gasteiger partial charge in [0.05, 0.1) is 12.7 Å². The van der Waals surface area contributed by atoms with Crippen LogP contribution in [0.25, 0.3) is 0 Å². The van der Waals surface area contributed by atoms with Crippen molar-refractivity contribution in [2.75, 3.05) is 5.43 Å². The van der Waals surface area contributed by atoms with E-state index >= 15 is 0 Å². The molecule has 0 saturated carbocycles. The zero-order valence-corrected chi connectivity index (χ0v) is 12.1. The molecular formula is C17H22N2O. The summed E-state index contributed by atoms with van der Waals surface area (Å²) in [6.07, 6.45) is 0.261. The van der Waals surface area contributed by atoms with Crippen molar-refractivity contribution >= 4 is 5.69 Å². The number of nitrogens with one attached hydrogen (secondary N) is 2. The maximum atomic E-state index is 5.62. The Hall–Kier alpha value is -1.84. The molecule has 0 amide bonds. The van der Waals surface area contributed by atoms with E-state index in [4.69, 9.17) is 4.74 Å². The van der Waals surface area contributed by atoms with E-state index in [2.05, 4.69) is 49.0 Å². The number of benzene rings is 2. The predicted octanol–water partition coefficient (Wildman–Crippen LogP) is 3.73. The van der Waals surface area contributed by atoms with Gasteiger partial charge in [0.25, 0.3) is 0 Å². The van der Waals surface area contributed by atoms with Crippen LogP contribution in [0.15, 0.2) is 54.6 Å². The van der Waals surface area contributed by atoms with E-state index in [9.17, 15) is 0 Å². The molecule has 0 bridgehead atoms. The van der Waals surface area contributed by atoms with Crippen molar-refractivity contribution in [2.24, 2.45) is 0 Å². The van der Waals surface area contributed by atoms with Gasteiger partial charge in [-0.1, -0.05) is 42.5 Å². The summed E-state index contributed by atoms with van der Waals surface area (Å²) >= 11 is 0. The van der Waals surface area contributed by atoms with Crippen LogP contribution in [0.1, 0.15) is 25.0 Å². The van der Waals surface area contributed by atoms with Gasteiger partial charge in [-0.2, -0.15) is 0 Å². The van der Waals surface area contributed by atoms with Crippen molar-refractivity contribution in [2.45, 2.75) is 33.1 Å². The zero-order valence-electron chi connectivity index (χ0n) is 12.1. The Morgan fingerprint density at radius 2 is 1.70 bits per heavy atom. The second-order valence-electron chi connectivity index (χ2n) is 5.02. The Balaban J connectivity index is 1.82. The van der Waals surface area contributed by atoms with Crippen LogP contribution in [0.5, 0.6) is 0 Å². The molecule has 0 atom stereocenters. The van der Waals surface area contributed by atoms with Crippen LogP contribution >= 0.6 is 0 Å². The molecule has 0 aliphatic heterocycles. The average molecular weight is 270 g/mol. The normalized spacial score (nSPS) is 10.8. The molecule has 3 heteroatoms. The van der Waals surface area contributed by atoms with E-state index in [1.165, 1.54) is 11.1 Å². The Kier molecular flexibility index (Phi) is 5.59. The van der Waals surface area contributed by atoms with E-state index in [1.807, 2.05) is 30.3 Å². The highest BCUT2D eigenvalue weighted by molar-refractivity contribution is 5.41. The van der Waals surface area contributed by atoms with E-state index in [-0.39, 0.29) is 6.10 Å². The molecule has 2 rings (SSSR count). The number of hydrogen-bond acceptors (Lipinski definition) is 3. The highest BCUT2D eigenvalue weighted by Gasteiger charge is 1.98. The smallest absolute Gasteiger partial charge is 0.0720 e. The molecule has 0 fully saturated rings. The Morgan fingerprint density at radius 3 is 2.45 bits per heavy atom. The lowest BCUT2D eigenvalue weighted by Crippen LogP contribution is -2.20. The Labute approximate surface area is 120 Å². The first-order valence-electron chi connectivity index (χ1n) is 6.97. The van der Waals surface area contributed by atoms with Crippen LogP contribution in [0.4, 0.5) is 5.69 Å². The summed E-state index contributed by atoms with van der Waals surface area (Å²) in [5.41, 5.74) is 9.90. The summed E-state index contributed by atoms with van der Waals surface area (Å²) in [6.45, 7) is 5.53. The van der Waals surface area contributed by atoms with Crippen molar-refractivity contribution in [3.8, 4) is 0 Å². The number of ether oxygens (including phenoxy) is 1. The Bertz CT molecular complexity index is 511. The first-order valence-corrected chi connectivity index (χ1v) is 6.97. The van der Waals surface area contributed by atoms with Gasteiger partial charge in [-0.05, 0) is 37.1 Å². The number of para-hydroxylation sites is 1. The molecule has 0 radical (unpaired) electrons. The largest absolute Gasteiger partial charge is 0.374 e. The van der Waals surface area contributed by atoms with Crippen molar-refractivity contribution in [1.82, 2.24) is 5.43 Å². The molecule has 0 aliphatic carbocycles. The third-order valence-electron chi connectivity index (χ3n) is 2.87. The van der Waals surface area contributed by atoms with Crippen LogP contribution in [0.3, 0.4) is 0 Å².